The average Bonchev–Trinajstić information content (AvgIpc) is 3.10. The highest BCUT2D eigenvalue weighted by Gasteiger charge is 2.30. The molecule has 0 spiro atoms. The predicted octanol–water partition coefficient (Wildman–Crippen LogP) is 4.05. The molecule has 3 rings (SSSR count). The van der Waals surface area contributed by atoms with E-state index in [-0.39, 0.29) is 0 Å². The Morgan fingerprint density at radius 1 is 1.12 bits per heavy atom. The number of rotatable bonds is 3. The van der Waals surface area contributed by atoms with Gasteiger partial charge in [0.25, 0.3) is 0 Å². The third-order valence-electron chi connectivity index (χ3n) is 3.84. The molecule has 0 saturated heterocycles. The quantitative estimate of drug-likeness (QED) is 0.661. The van der Waals surface area contributed by atoms with Crippen LogP contribution in [0.1, 0.15) is 21.5 Å². The smallest absolute Gasteiger partial charge is 0.416 e. The van der Waals surface area contributed by atoms with Gasteiger partial charge < -0.3 is 4.74 Å². The minimum atomic E-state index is -4.38. The number of ether oxygens (including phenoxy) is 1. The molecule has 3 aromatic rings. The van der Waals surface area contributed by atoms with Crippen molar-refractivity contribution in [3.8, 4) is 17.1 Å². The number of methoxy groups -OCH3 is 1. The summed E-state index contributed by atoms with van der Waals surface area (Å²) >= 11 is 0. The Morgan fingerprint density at radius 2 is 1.81 bits per heavy atom. The first kappa shape index (κ1) is 17.7. The fourth-order valence-corrected chi connectivity index (χ4v) is 2.47. The van der Waals surface area contributed by atoms with E-state index in [9.17, 15) is 18.0 Å². The van der Waals surface area contributed by atoms with Crippen LogP contribution in [0.25, 0.3) is 17.1 Å². The van der Waals surface area contributed by atoms with Crippen LogP contribution in [0.4, 0.5) is 13.2 Å². The fourth-order valence-electron chi connectivity index (χ4n) is 2.47. The third kappa shape index (κ3) is 3.44. The summed E-state index contributed by atoms with van der Waals surface area (Å²) < 4.78 is 44.0. The van der Waals surface area contributed by atoms with E-state index in [4.69, 9.17) is 0 Å². The van der Waals surface area contributed by atoms with Crippen molar-refractivity contribution >= 4 is 5.97 Å². The second-order valence-corrected chi connectivity index (χ2v) is 5.58. The van der Waals surface area contributed by atoms with Crippen molar-refractivity contribution in [2.24, 2.45) is 0 Å². The molecule has 134 valence electrons. The molecule has 0 saturated carbocycles. The van der Waals surface area contributed by atoms with Gasteiger partial charge in [-0.1, -0.05) is 0 Å². The van der Waals surface area contributed by atoms with Gasteiger partial charge in [0, 0.05) is 5.56 Å². The number of nitrogens with zero attached hydrogens (tertiary/aromatic N) is 3. The molecule has 1 aromatic heterocycles. The first-order valence-electron chi connectivity index (χ1n) is 7.58. The maximum absolute atomic E-state index is 12.6. The van der Waals surface area contributed by atoms with Crippen molar-refractivity contribution < 1.29 is 22.7 Å². The number of benzene rings is 2. The minimum Gasteiger partial charge on any atom is -0.465 e. The van der Waals surface area contributed by atoms with Crippen molar-refractivity contribution in [2.75, 3.05) is 7.11 Å². The molecule has 0 N–H and O–H groups in total. The highest BCUT2D eigenvalue weighted by molar-refractivity contribution is 5.90. The lowest BCUT2D eigenvalue weighted by Crippen LogP contribution is -2.05. The molecule has 0 fully saturated rings. The van der Waals surface area contributed by atoms with E-state index in [1.807, 2.05) is 0 Å². The monoisotopic (exact) mass is 361 g/mol. The van der Waals surface area contributed by atoms with Crippen LogP contribution in [0.15, 0.2) is 48.8 Å². The van der Waals surface area contributed by atoms with Crippen LogP contribution in [0, 0.1) is 6.92 Å². The van der Waals surface area contributed by atoms with Gasteiger partial charge >= 0.3 is 12.1 Å². The molecule has 0 amide bonds. The Morgan fingerprint density at radius 3 is 2.38 bits per heavy atom. The van der Waals surface area contributed by atoms with Crippen LogP contribution in [0.3, 0.4) is 0 Å². The number of esters is 1. The van der Waals surface area contributed by atoms with E-state index in [1.54, 1.807) is 25.1 Å². The summed E-state index contributed by atoms with van der Waals surface area (Å²) in [6.07, 6.45) is -2.96. The van der Waals surface area contributed by atoms with E-state index in [0.717, 1.165) is 17.7 Å². The van der Waals surface area contributed by atoms with Crippen molar-refractivity contribution in [1.82, 2.24) is 14.8 Å². The highest BCUT2D eigenvalue weighted by atomic mass is 19.4. The van der Waals surface area contributed by atoms with Crippen molar-refractivity contribution in [3.63, 3.8) is 0 Å². The number of alkyl halides is 3. The second kappa shape index (κ2) is 6.62. The molecule has 26 heavy (non-hydrogen) atoms. The number of aromatic nitrogens is 3. The largest absolute Gasteiger partial charge is 0.465 e. The Kier molecular flexibility index (Phi) is 4.50. The van der Waals surface area contributed by atoms with Gasteiger partial charge in [-0.05, 0) is 55.0 Å². The van der Waals surface area contributed by atoms with Crippen LogP contribution in [0.5, 0.6) is 0 Å². The Bertz CT molecular complexity index is 947. The Labute approximate surface area is 147 Å². The zero-order chi connectivity index (χ0) is 18.9. The minimum absolute atomic E-state index is 0.402. The van der Waals surface area contributed by atoms with Crippen LogP contribution in [-0.4, -0.2) is 27.8 Å². The average molecular weight is 361 g/mol. The number of hydrogen-bond donors (Lipinski definition) is 0. The summed E-state index contributed by atoms with van der Waals surface area (Å²) in [6.45, 7) is 1.81. The summed E-state index contributed by atoms with van der Waals surface area (Å²) in [5.74, 6) is -0.0401. The van der Waals surface area contributed by atoms with Gasteiger partial charge in [0.15, 0.2) is 5.82 Å². The normalized spacial score (nSPS) is 11.4. The standard InChI is InChI=1S/C18H14F3N3O2/c1-11-9-12(17(25)26-2)3-8-15(11)16-22-10-24(23-16)14-6-4-13(5-7-14)18(19,20)21/h3-10H,1-2H3. The van der Waals surface area contributed by atoms with Gasteiger partial charge in [0.2, 0.25) is 0 Å². The summed E-state index contributed by atoms with van der Waals surface area (Å²) in [7, 11) is 1.30. The van der Waals surface area contributed by atoms with Crippen LogP contribution < -0.4 is 0 Å². The van der Waals surface area contributed by atoms with E-state index in [1.165, 1.54) is 30.3 Å². The molecule has 0 aliphatic carbocycles. The number of carbonyl (C=O) groups excluding carboxylic acids is 1. The van der Waals surface area contributed by atoms with Gasteiger partial charge in [-0.3, -0.25) is 0 Å². The number of hydrogen-bond acceptors (Lipinski definition) is 4. The topological polar surface area (TPSA) is 57.0 Å². The lowest BCUT2D eigenvalue weighted by molar-refractivity contribution is -0.137. The Balaban J connectivity index is 1.89. The summed E-state index contributed by atoms with van der Waals surface area (Å²) in [4.78, 5) is 15.8. The predicted molar refractivity (Wildman–Crippen MR) is 87.9 cm³/mol. The molecule has 0 radical (unpaired) electrons. The number of aryl methyl sites for hydroxylation is 1. The first-order valence-corrected chi connectivity index (χ1v) is 7.58. The molecular formula is C18H14F3N3O2. The lowest BCUT2D eigenvalue weighted by Gasteiger charge is -2.07. The fraction of sp³-hybridized carbons (Fsp3) is 0.167. The van der Waals surface area contributed by atoms with E-state index >= 15 is 0 Å². The molecule has 5 nitrogen and oxygen atoms in total. The highest BCUT2D eigenvalue weighted by Crippen LogP contribution is 2.29. The van der Waals surface area contributed by atoms with Crippen molar-refractivity contribution in [1.29, 1.82) is 0 Å². The van der Waals surface area contributed by atoms with E-state index < -0.39 is 17.7 Å². The molecule has 8 heteroatoms. The molecule has 0 atom stereocenters. The van der Waals surface area contributed by atoms with E-state index in [0.29, 0.717) is 22.6 Å². The van der Waals surface area contributed by atoms with Crippen molar-refractivity contribution in [2.45, 2.75) is 13.1 Å². The molecule has 0 unspecified atom stereocenters. The van der Waals surface area contributed by atoms with Crippen LogP contribution in [0.2, 0.25) is 0 Å². The summed E-state index contributed by atoms with van der Waals surface area (Å²) in [5.41, 5.74) is 1.63. The first-order chi connectivity index (χ1) is 12.3. The molecule has 0 aliphatic heterocycles. The zero-order valence-corrected chi connectivity index (χ0v) is 13.9. The van der Waals surface area contributed by atoms with Gasteiger partial charge in [0.05, 0.1) is 23.9 Å². The Hall–Kier alpha value is -3.16. The maximum atomic E-state index is 12.6. The van der Waals surface area contributed by atoms with Gasteiger partial charge in [-0.2, -0.15) is 13.2 Å². The molecule has 1 heterocycles. The van der Waals surface area contributed by atoms with Gasteiger partial charge in [-0.15, -0.1) is 5.10 Å². The van der Waals surface area contributed by atoms with E-state index in [2.05, 4.69) is 14.8 Å². The molecule has 0 aliphatic rings. The van der Waals surface area contributed by atoms with Crippen LogP contribution in [-0.2, 0) is 10.9 Å². The maximum Gasteiger partial charge on any atom is 0.416 e. The molecule has 0 bridgehead atoms. The van der Waals surface area contributed by atoms with Gasteiger partial charge in [-0.25, -0.2) is 14.5 Å². The van der Waals surface area contributed by atoms with Crippen LogP contribution >= 0.6 is 0 Å². The lowest BCUT2D eigenvalue weighted by atomic mass is 10.0. The zero-order valence-electron chi connectivity index (χ0n) is 13.9. The SMILES string of the molecule is COC(=O)c1ccc(-c2ncn(-c3ccc(C(F)(F)F)cc3)n2)c(C)c1. The third-order valence-corrected chi connectivity index (χ3v) is 3.84. The molecular weight excluding hydrogens is 347 g/mol. The molecule has 2 aromatic carbocycles. The summed E-state index contributed by atoms with van der Waals surface area (Å²) in [5, 5.41) is 4.31. The number of carbonyl (C=O) groups is 1. The van der Waals surface area contributed by atoms with Crippen molar-refractivity contribution in [3.05, 3.63) is 65.5 Å². The second-order valence-electron chi connectivity index (χ2n) is 5.58. The number of halogens is 3. The van der Waals surface area contributed by atoms with Gasteiger partial charge in [0.1, 0.15) is 6.33 Å². The summed E-state index contributed by atoms with van der Waals surface area (Å²) in [6, 6.07) is 9.62.